The molecule has 0 unspecified atom stereocenters. The summed E-state index contributed by atoms with van der Waals surface area (Å²) in [5.41, 5.74) is 3.58. The Morgan fingerprint density at radius 2 is 2.00 bits per heavy atom. The van der Waals surface area contributed by atoms with Gasteiger partial charge in [-0.15, -0.1) is 0 Å². The summed E-state index contributed by atoms with van der Waals surface area (Å²) in [5, 5.41) is 12.8. The largest absolute Gasteiger partial charge is 0.507 e. The number of ether oxygens (including phenoxy) is 1. The van der Waals surface area contributed by atoms with Gasteiger partial charge in [-0.1, -0.05) is 30.7 Å². The summed E-state index contributed by atoms with van der Waals surface area (Å²) in [6.07, 6.45) is 2.79. The third-order valence-corrected chi connectivity index (χ3v) is 4.44. The summed E-state index contributed by atoms with van der Waals surface area (Å²) < 4.78 is 9.72. The highest BCUT2D eigenvalue weighted by molar-refractivity contribution is 8.01. The van der Waals surface area contributed by atoms with Crippen molar-refractivity contribution in [1.82, 2.24) is 0 Å². The molecule has 0 spiro atoms. The molecular formula is C19H20ClNO2S. The maximum Gasteiger partial charge on any atom is 0.128 e. The van der Waals surface area contributed by atoms with E-state index in [1.165, 1.54) is 11.9 Å². The zero-order valence-corrected chi connectivity index (χ0v) is 15.5. The van der Waals surface area contributed by atoms with Gasteiger partial charge < -0.3 is 9.84 Å². The van der Waals surface area contributed by atoms with Crippen molar-refractivity contribution in [3.63, 3.8) is 0 Å². The van der Waals surface area contributed by atoms with Crippen LogP contribution in [0.4, 0.5) is 0 Å². The molecule has 0 fully saturated rings. The van der Waals surface area contributed by atoms with Gasteiger partial charge in [-0.3, -0.25) is 0 Å². The average molecular weight is 362 g/mol. The Morgan fingerprint density at radius 1 is 1.29 bits per heavy atom. The normalized spacial score (nSPS) is 11.9. The van der Waals surface area contributed by atoms with Gasteiger partial charge in [0, 0.05) is 28.6 Å². The van der Waals surface area contributed by atoms with E-state index in [0.29, 0.717) is 5.75 Å². The first-order chi connectivity index (χ1) is 11.5. The van der Waals surface area contributed by atoms with Gasteiger partial charge in [0.25, 0.3) is 0 Å². The fourth-order valence-electron chi connectivity index (χ4n) is 2.21. The molecule has 2 aromatic rings. The predicted octanol–water partition coefficient (Wildman–Crippen LogP) is 5.74. The highest BCUT2D eigenvalue weighted by Crippen LogP contribution is 2.29. The summed E-state index contributed by atoms with van der Waals surface area (Å²) in [6, 6.07) is 11.2. The second-order valence-corrected chi connectivity index (χ2v) is 6.27. The molecule has 0 aliphatic rings. The first kappa shape index (κ1) is 18.4. The van der Waals surface area contributed by atoms with Crippen LogP contribution in [0.5, 0.6) is 11.5 Å². The number of hydrogen-bond acceptors (Lipinski definition) is 4. The smallest absolute Gasteiger partial charge is 0.128 e. The lowest BCUT2D eigenvalue weighted by molar-refractivity contribution is 0.403. The maximum atomic E-state index is 10.2. The maximum absolute atomic E-state index is 10.2. The van der Waals surface area contributed by atoms with Crippen LogP contribution in [-0.2, 0) is 6.42 Å². The molecule has 5 heteroatoms. The minimum atomic E-state index is 0.174. The molecule has 2 rings (SSSR count). The lowest BCUT2D eigenvalue weighted by Crippen LogP contribution is -1.98. The zero-order valence-electron chi connectivity index (χ0n) is 13.9. The van der Waals surface area contributed by atoms with E-state index in [-0.39, 0.29) is 5.75 Å². The minimum Gasteiger partial charge on any atom is -0.507 e. The molecule has 0 heterocycles. The first-order valence-corrected chi connectivity index (χ1v) is 8.79. The zero-order chi connectivity index (χ0) is 17.5. The van der Waals surface area contributed by atoms with E-state index in [2.05, 4.69) is 11.3 Å². The highest BCUT2D eigenvalue weighted by atomic mass is 35.5. The second kappa shape index (κ2) is 8.81. The van der Waals surface area contributed by atoms with Gasteiger partial charge in [-0.25, -0.2) is 4.40 Å². The fraction of sp³-hybridized carbons (Fsp3) is 0.211. The SMILES string of the molecule is CCc1cc(C(C)=NS/C=C/c2ccc(Cl)cc2)c(O)cc1OC. The minimum absolute atomic E-state index is 0.174. The van der Waals surface area contributed by atoms with Gasteiger partial charge in [-0.2, -0.15) is 0 Å². The van der Waals surface area contributed by atoms with Gasteiger partial charge in [0.2, 0.25) is 0 Å². The average Bonchev–Trinajstić information content (AvgIpc) is 2.59. The van der Waals surface area contributed by atoms with Crippen LogP contribution in [0.3, 0.4) is 0 Å². The Balaban J connectivity index is 2.11. The molecule has 2 aromatic carbocycles. The van der Waals surface area contributed by atoms with Crippen LogP contribution < -0.4 is 4.74 Å². The van der Waals surface area contributed by atoms with Crippen molar-refractivity contribution in [1.29, 1.82) is 0 Å². The van der Waals surface area contributed by atoms with E-state index >= 15 is 0 Å². The number of halogens is 1. The third-order valence-electron chi connectivity index (χ3n) is 3.55. The first-order valence-electron chi connectivity index (χ1n) is 7.58. The molecule has 3 nitrogen and oxygen atoms in total. The Bertz CT molecular complexity index is 755. The number of benzene rings is 2. The Labute approximate surface area is 152 Å². The van der Waals surface area contributed by atoms with Crippen LogP contribution in [-0.4, -0.2) is 17.9 Å². The molecule has 0 saturated heterocycles. The summed E-state index contributed by atoms with van der Waals surface area (Å²) in [7, 11) is 1.60. The predicted molar refractivity (Wildman–Crippen MR) is 104 cm³/mol. The molecule has 0 bridgehead atoms. The number of phenolic OH excluding ortho intramolecular Hbond substituents is 1. The van der Waals surface area contributed by atoms with Crippen LogP contribution in [0.1, 0.15) is 30.5 Å². The quantitative estimate of drug-likeness (QED) is 0.526. The molecule has 1 N–H and O–H groups in total. The second-order valence-electron chi connectivity index (χ2n) is 5.17. The van der Waals surface area contributed by atoms with Crippen LogP contribution >= 0.6 is 23.5 Å². The standard InChI is InChI=1S/C19H20ClNO2S/c1-4-15-11-17(18(22)12-19(15)23-3)13(2)21-24-10-9-14-5-7-16(20)8-6-14/h5-12,22H,4H2,1-3H3/b10-9+,21-13?. The van der Waals surface area contributed by atoms with Crippen molar-refractivity contribution in [2.45, 2.75) is 20.3 Å². The Hall–Kier alpha value is -1.91. The summed E-state index contributed by atoms with van der Waals surface area (Å²) >= 11 is 7.18. The van der Waals surface area contributed by atoms with Gasteiger partial charge in [0.05, 0.1) is 12.8 Å². The fourth-order valence-corrected chi connectivity index (χ4v) is 2.87. The van der Waals surface area contributed by atoms with E-state index in [1.54, 1.807) is 13.2 Å². The molecular weight excluding hydrogens is 342 g/mol. The Morgan fingerprint density at radius 3 is 2.62 bits per heavy atom. The van der Waals surface area contributed by atoms with Crippen molar-refractivity contribution >= 4 is 35.3 Å². The van der Waals surface area contributed by atoms with E-state index in [1.807, 2.05) is 48.7 Å². The molecule has 24 heavy (non-hydrogen) atoms. The molecule has 0 aromatic heterocycles. The number of methoxy groups -OCH3 is 1. The van der Waals surface area contributed by atoms with Crippen molar-refractivity contribution in [3.8, 4) is 11.5 Å². The van der Waals surface area contributed by atoms with Crippen LogP contribution in [0, 0.1) is 0 Å². The van der Waals surface area contributed by atoms with Gasteiger partial charge >= 0.3 is 0 Å². The van der Waals surface area contributed by atoms with Crippen molar-refractivity contribution < 1.29 is 9.84 Å². The van der Waals surface area contributed by atoms with E-state index in [4.69, 9.17) is 16.3 Å². The molecule has 0 aliphatic heterocycles. The number of hydrogen-bond donors (Lipinski definition) is 1. The topological polar surface area (TPSA) is 41.8 Å². The van der Waals surface area contributed by atoms with Gasteiger partial charge in [0.15, 0.2) is 0 Å². The van der Waals surface area contributed by atoms with Crippen LogP contribution in [0.2, 0.25) is 5.02 Å². The van der Waals surface area contributed by atoms with Crippen molar-refractivity contribution in [3.05, 3.63) is 63.5 Å². The number of phenols is 1. The van der Waals surface area contributed by atoms with Crippen molar-refractivity contribution in [2.75, 3.05) is 7.11 Å². The lowest BCUT2D eigenvalue weighted by Gasteiger charge is -2.11. The number of aromatic hydroxyl groups is 1. The number of aryl methyl sites for hydroxylation is 1. The van der Waals surface area contributed by atoms with E-state index < -0.39 is 0 Å². The summed E-state index contributed by atoms with van der Waals surface area (Å²) in [5.74, 6) is 0.870. The number of rotatable bonds is 6. The monoisotopic (exact) mass is 361 g/mol. The van der Waals surface area contributed by atoms with E-state index in [0.717, 1.165) is 33.8 Å². The molecule has 126 valence electrons. The summed E-state index contributed by atoms with van der Waals surface area (Å²) in [4.78, 5) is 0. The molecule has 0 saturated carbocycles. The van der Waals surface area contributed by atoms with Gasteiger partial charge in [-0.05, 0) is 54.2 Å². The summed E-state index contributed by atoms with van der Waals surface area (Å²) in [6.45, 7) is 3.93. The van der Waals surface area contributed by atoms with Crippen LogP contribution in [0.15, 0.2) is 46.2 Å². The highest BCUT2D eigenvalue weighted by Gasteiger charge is 2.11. The van der Waals surface area contributed by atoms with Crippen LogP contribution in [0.25, 0.3) is 6.08 Å². The van der Waals surface area contributed by atoms with E-state index in [9.17, 15) is 5.11 Å². The molecule has 0 aliphatic carbocycles. The molecule has 0 amide bonds. The van der Waals surface area contributed by atoms with Gasteiger partial charge in [0.1, 0.15) is 11.5 Å². The van der Waals surface area contributed by atoms with Crippen molar-refractivity contribution in [2.24, 2.45) is 4.40 Å². The molecule has 0 atom stereocenters. The Kier molecular flexibility index (Phi) is 6.76. The molecule has 0 radical (unpaired) electrons. The lowest BCUT2D eigenvalue weighted by atomic mass is 10.0. The third kappa shape index (κ3) is 4.79. The number of nitrogens with zero attached hydrogens (tertiary/aromatic N) is 1.